The molecule has 0 atom stereocenters. The smallest absolute Gasteiger partial charge is 0.161 e. The van der Waals surface area contributed by atoms with Gasteiger partial charge in [-0.1, -0.05) is 36.4 Å². The summed E-state index contributed by atoms with van der Waals surface area (Å²) >= 11 is 0. The van der Waals surface area contributed by atoms with E-state index in [1.54, 1.807) is 12.1 Å². The van der Waals surface area contributed by atoms with Gasteiger partial charge in [-0.25, -0.2) is 5.90 Å². The molecule has 4 nitrogen and oxygen atoms in total. The van der Waals surface area contributed by atoms with E-state index in [4.69, 9.17) is 10.6 Å². The lowest BCUT2D eigenvalue weighted by atomic mass is 10.1. The molecule has 100 valence electrons. The second kappa shape index (κ2) is 6.78. The van der Waals surface area contributed by atoms with Crippen molar-refractivity contribution in [3.8, 4) is 11.5 Å². The third-order valence-electron chi connectivity index (χ3n) is 2.77. The summed E-state index contributed by atoms with van der Waals surface area (Å²) in [6.07, 6.45) is 0.679. The van der Waals surface area contributed by atoms with Gasteiger partial charge in [0.2, 0.25) is 0 Å². The molecule has 0 amide bonds. The van der Waals surface area contributed by atoms with E-state index in [-0.39, 0.29) is 5.75 Å². The van der Waals surface area contributed by atoms with Crippen LogP contribution in [0.3, 0.4) is 0 Å². The Bertz CT molecular complexity index is 514. The molecule has 0 aliphatic rings. The molecule has 0 unspecified atom stereocenters. The number of rotatable bonds is 6. The zero-order chi connectivity index (χ0) is 13.5. The van der Waals surface area contributed by atoms with Crippen LogP contribution in [0.2, 0.25) is 0 Å². The molecule has 0 aliphatic carbocycles. The van der Waals surface area contributed by atoms with Crippen molar-refractivity contribution in [1.82, 2.24) is 0 Å². The first-order valence-corrected chi connectivity index (χ1v) is 6.10. The minimum absolute atomic E-state index is 0.133. The van der Waals surface area contributed by atoms with Crippen molar-refractivity contribution in [1.29, 1.82) is 0 Å². The Labute approximate surface area is 112 Å². The second-order valence-corrected chi connectivity index (χ2v) is 4.20. The Morgan fingerprint density at radius 3 is 2.53 bits per heavy atom. The van der Waals surface area contributed by atoms with E-state index in [0.717, 1.165) is 11.1 Å². The lowest BCUT2D eigenvalue weighted by molar-refractivity contribution is 0.141. The SMILES string of the molecule is NOCCc1ccc(O)c(OCc2ccccc2)c1. The average molecular weight is 259 g/mol. The number of hydrogen-bond donors (Lipinski definition) is 2. The van der Waals surface area contributed by atoms with Crippen molar-refractivity contribution in [2.75, 3.05) is 6.61 Å². The Kier molecular flexibility index (Phi) is 4.78. The molecule has 0 heterocycles. The zero-order valence-electron chi connectivity index (χ0n) is 10.6. The van der Waals surface area contributed by atoms with E-state index in [1.807, 2.05) is 36.4 Å². The first-order valence-electron chi connectivity index (χ1n) is 6.10. The van der Waals surface area contributed by atoms with Crippen molar-refractivity contribution in [2.45, 2.75) is 13.0 Å². The third-order valence-corrected chi connectivity index (χ3v) is 2.77. The maximum atomic E-state index is 9.76. The Morgan fingerprint density at radius 1 is 1.00 bits per heavy atom. The van der Waals surface area contributed by atoms with E-state index >= 15 is 0 Å². The van der Waals surface area contributed by atoms with Crippen LogP contribution in [0.15, 0.2) is 48.5 Å². The standard InChI is InChI=1S/C15H17NO3/c16-19-9-8-12-6-7-14(17)15(10-12)18-11-13-4-2-1-3-5-13/h1-7,10,17H,8-9,11,16H2. The predicted octanol–water partition coefficient (Wildman–Crippen LogP) is 2.40. The summed E-state index contributed by atoms with van der Waals surface area (Å²) in [5.41, 5.74) is 2.06. The van der Waals surface area contributed by atoms with E-state index in [0.29, 0.717) is 25.4 Å². The Hall–Kier alpha value is -2.04. The molecule has 4 heteroatoms. The van der Waals surface area contributed by atoms with Gasteiger partial charge in [-0.2, -0.15) is 0 Å². The highest BCUT2D eigenvalue weighted by atomic mass is 16.6. The summed E-state index contributed by atoms with van der Waals surface area (Å²) in [5.74, 6) is 5.60. The molecular weight excluding hydrogens is 242 g/mol. The molecule has 0 radical (unpaired) electrons. The van der Waals surface area contributed by atoms with Crippen molar-refractivity contribution in [3.63, 3.8) is 0 Å². The van der Waals surface area contributed by atoms with Crippen LogP contribution >= 0.6 is 0 Å². The van der Waals surface area contributed by atoms with Crippen molar-refractivity contribution in [2.24, 2.45) is 5.90 Å². The van der Waals surface area contributed by atoms with Crippen LogP contribution in [0.4, 0.5) is 0 Å². The van der Waals surface area contributed by atoms with Gasteiger partial charge in [0.25, 0.3) is 0 Å². The molecule has 2 aromatic carbocycles. The average Bonchev–Trinajstić information content (AvgIpc) is 2.46. The van der Waals surface area contributed by atoms with Gasteiger partial charge in [0.1, 0.15) is 6.61 Å². The van der Waals surface area contributed by atoms with Crippen molar-refractivity contribution < 1.29 is 14.7 Å². The third kappa shape index (κ3) is 3.98. The number of ether oxygens (including phenoxy) is 1. The second-order valence-electron chi connectivity index (χ2n) is 4.20. The van der Waals surface area contributed by atoms with Crippen LogP contribution in [-0.2, 0) is 17.9 Å². The fourth-order valence-corrected chi connectivity index (χ4v) is 1.74. The number of phenols is 1. The minimum Gasteiger partial charge on any atom is -0.504 e. The van der Waals surface area contributed by atoms with Crippen LogP contribution in [0, 0.1) is 0 Å². The van der Waals surface area contributed by atoms with Crippen LogP contribution in [0.5, 0.6) is 11.5 Å². The van der Waals surface area contributed by atoms with Crippen LogP contribution in [0.25, 0.3) is 0 Å². The molecular formula is C15H17NO3. The maximum absolute atomic E-state index is 9.76. The molecule has 0 fully saturated rings. The maximum Gasteiger partial charge on any atom is 0.161 e. The lowest BCUT2D eigenvalue weighted by Crippen LogP contribution is -2.04. The molecule has 0 saturated heterocycles. The van der Waals surface area contributed by atoms with Crippen LogP contribution < -0.4 is 10.6 Å². The van der Waals surface area contributed by atoms with E-state index in [2.05, 4.69) is 4.84 Å². The predicted molar refractivity (Wildman–Crippen MR) is 72.7 cm³/mol. The summed E-state index contributed by atoms with van der Waals surface area (Å²) in [5, 5.41) is 9.76. The van der Waals surface area contributed by atoms with Gasteiger partial charge in [0.05, 0.1) is 6.61 Å². The summed E-state index contributed by atoms with van der Waals surface area (Å²) in [6.45, 7) is 0.855. The van der Waals surface area contributed by atoms with E-state index in [9.17, 15) is 5.11 Å². The van der Waals surface area contributed by atoms with Gasteiger partial charge in [-0.05, 0) is 29.7 Å². The fourth-order valence-electron chi connectivity index (χ4n) is 1.74. The Morgan fingerprint density at radius 2 is 1.79 bits per heavy atom. The summed E-state index contributed by atoms with van der Waals surface area (Å²) in [4.78, 5) is 4.54. The zero-order valence-corrected chi connectivity index (χ0v) is 10.6. The van der Waals surface area contributed by atoms with Gasteiger partial charge in [-0.15, -0.1) is 0 Å². The lowest BCUT2D eigenvalue weighted by Gasteiger charge is -2.10. The minimum atomic E-state index is 0.133. The number of phenolic OH excluding ortho intramolecular Hbond substituents is 1. The highest BCUT2D eigenvalue weighted by molar-refractivity contribution is 5.42. The van der Waals surface area contributed by atoms with Crippen LogP contribution in [0.1, 0.15) is 11.1 Å². The molecule has 2 rings (SSSR count). The highest BCUT2D eigenvalue weighted by Gasteiger charge is 2.04. The number of benzene rings is 2. The number of nitrogens with two attached hydrogens (primary N) is 1. The highest BCUT2D eigenvalue weighted by Crippen LogP contribution is 2.27. The first kappa shape index (κ1) is 13.4. The van der Waals surface area contributed by atoms with Crippen molar-refractivity contribution >= 4 is 0 Å². The molecule has 0 saturated carbocycles. The molecule has 0 bridgehead atoms. The molecule has 0 aliphatic heterocycles. The van der Waals surface area contributed by atoms with Gasteiger partial charge in [0, 0.05) is 0 Å². The van der Waals surface area contributed by atoms with Crippen LogP contribution in [-0.4, -0.2) is 11.7 Å². The number of hydrogen-bond acceptors (Lipinski definition) is 4. The van der Waals surface area contributed by atoms with Gasteiger partial charge >= 0.3 is 0 Å². The summed E-state index contributed by atoms with van der Waals surface area (Å²) in [6, 6.07) is 15.1. The van der Waals surface area contributed by atoms with Gasteiger partial charge < -0.3 is 14.7 Å². The number of aromatic hydroxyl groups is 1. The molecule has 3 N–H and O–H groups in total. The van der Waals surface area contributed by atoms with Crippen molar-refractivity contribution in [3.05, 3.63) is 59.7 Å². The quantitative estimate of drug-likeness (QED) is 0.782. The van der Waals surface area contributed by atoms with E-state index in [1.165, 1.54) is 0 Å². The molecule has 0 spiro atoms. The fraction of sp³-hybridized carbons (Fsp3) is 0.200. The summed E-state index contributed by atoms with van der Waals surface area (Å²) < 4.78 is 5.62. The first-order chi connectivity index (χ1) is 9.29. The van der Waals surface area contributed by atoms with Gasteiger partial charge in [-0.3, -0.25) is 0 Å². The van der Waals surface area contributed by atoms with E-state index < -0.39 is 0 Å². The molecule has 19 heavy (non-hydrogen) atoms. The molecule has 2 aromatic rings. The summed E-state index contributed by atoms with van der Waals surface area (Å²) in [7, 11) is 0. The topological polar surface area (TPSA) is 64.7 Å². The van der Waals surface area contributed by atoms with Gasteiger partial charge in [0.15, 0.2) is 11.5 Å². The normalized spacial score (nSPS) is 10.4. The largest absolute Gasteiger partial charge is 0.504 e. The Balaban J connectivity index is 2.02. The molecule has 0 aromatic heterocycles. The monoisotopic (exact) mass is 259 g/mol.